The molecule has 1 aromatic rings. The van der Waals surface area contributed by atoms with Crippen LogP contribution in [0.1, 0.15) is 11.1 Å². The van der Waals surface area contributed by atoms with Gasteiger partial charge in [0.2, 0.25) is 0 Å². The number of aromatic amines is 1. The maximum Gasteiger partial charge on any atom is 0.264 e. The van der Waals surface area contributed by atoms with E-state index in [1.165, 1.54) is 0 Å². The SMILES string of the molecule is Cc1c(Br)c[nH]c(=O)c1C#C[Si](C)(C)C. The van der Waals surface area contributed by atoms with Gasteiger partial charge in [0.15, 0.2) is 0 Å². The van der Waals surface area contributed by atoms with E-state index < -0.39 is 8.07 Å². The Morgan fingerprint density at radius 3 is 2.53 bits per heavy atom. The minimum atomic E-state index is -1.43. The molecule has 0 amide bonds. The molecule has 0 aliphatic heterocycles. The van der Waals surface area contributed by atoms with Crippen molar-refractivity contribution in [2.45, 2.75) is 26.6 Å². The van der Waals surface area contributed by atoms with Crippen LogP contribution in [0, 0.1) is 18.4 Å². The van der Waals surface area contributed by atoms with Gasteiger partial charge in [-0.15, -0.1) is 5.54 Å². The highest BCUT2D eigenvalue weighted by Crippen LogP contribution is 2.14. The molecule has 0 saturated carbocycles. The maximum absolute atomic E-state index is 11.5. The normalized spacial score (nSPS) is 10.7. The van der Waals surface area contributed by atoms with Crippen LogP contribution in [0.15, 0.2) is 15.5 Å². The van der Waals surface area contributed by atoms with Crippen molar-refractivity contribution in [3.8, 4) is 11.5 Å². The van der Waals surface area contributed by atoms with E-state index >= 15 is 0 Å². The average Bonchev–Trinajstić information content (AvgIpc) is 2.10. The number of rotatable bonds is 0. The smallest absolute Gasteiger partial charge is 0.264 e. The summed E-state index contributed by atoms with van der Waals surface area (Å²) in [6.07, 6.45) is 1.65. The van der Waals surface area contributed by atoms with Gasteiger partial charge in [-0.05, 0) is 28.4 Å². The molecule has 0 radical (unpaired) electrons. The first-order valence-electron chi connectivity index (χ1n) is 4.72. The van der Waals surface area contributed by atoms with Crippen molar-refractivity contribution in [1.82, 2.24) is 4.98 Å². The van der Waals surface area contributed by atoms with Crippen molar-refractivity contribution >= 4 is 24.0 Å². The first-order valence-corrected chi connectivity index (χ1v) is 9.01. The quantitative estimate of drug-likeness (QED) is 0.576. The number of hydrogen-bond acceptors (Lipinski definition) is 1. The fourth-order valence-electron chi connectivity index (χ4n) is 1.000. The van der Waals surface area contributed by atoms with Crippen molar-refractivity contribution in [1.29, 1.82) is 0 Å². The molecule has 4 heteroatoms. The Balaban J connectivity index is 3.31. The molecule has 0 aromatic carbocycles. The largest absolute Gasteiger partial charge is 0.327 e. The molecule has 1 rings (SSSR count). The monoisotopic (exact) mass is 283 g/mol. The van der Waals surface area contributed by atoms with Crippen LogP contribution in [-0.4, -0.2) is 13.1 Å². The zero-order chi connectivity index (χ0) is 11.6. The predicted molar refractivity (Wildman–Crippen MR) is 69.7 cm³/mol. The van der Waals surface area contributed by atoms with Gasteiger partial charge in [-0.2, -0.15) is 0 Å². The Labute approximate surface area is 99.2 Å². The molecule has 0 bridgehead atoms. The van der Waals surface area contributed by atoms with E-state index in [9.17, 15) is 4.79 Å². The molecule has 15 heavy (non-hydrogen) atoms. The summed E-state index contributed by atoms with van der Waals surface area (Å²) in [5.74, 6) is 3.00. The average molecular weight is 284 g/mol. The molecular weight excluding hydrogens is 270 g/mol. The van der Waals surface area contributed by atoms with Crippen molar-refractivity contribution in [3.05, 3.63) is 32.2 Å². The molecule has 0 saturated heterocycles. The summed E-state index contributed by atoms with van der Waals surface area (Å²) in [6, 6.07) is 0. The van der Waals surface area contributed by atoms with Crippen LogP contribution in [0.25, 0.3) is 0 Å². The third kappa shape index (κ3) is 3.36. The molecule has 0 atom stereocenters. The Morgan fingerprint density at radius 2 is 2.00 bits per heavy atom. The van der Waals surface area contributed by atoms with Gasteiger partial charge in [-0.1, -0.05) is 25.6 Å². The van der Waals surface area contributed by atoms with Gasteiger partial charge >= 0.3 is 0 Å². The Morgan fingerprint density at radius 1 is 1.40 bits per heavy atom. The molecule has 0 fully saturated rings. The van der Waals surface area contributed by atoms with Crippen LogP contribution < -0.4 is 5.56 Å². The molecule has 1 heterocycles. The molecule has 0 aliphatic carbocycles. The number of hydrogen-bond donors (Lipinski definition) is 1. The van der Waals surface area contributed by atoms with Gasteiger partial charge in [0, 0.05) is 10.7 Å². The highest BCUT2D eigenvalue weighted by Gasteiger charge is 2.09. The van der Waals surface area contributed by atoms with Crippen LogP contribution in [0.2, 0.25) is 19.6 Å². The van der Waals surface area contributed by atoms with E-state index in [2.05, 4.69) is 52.0 Å². The third-order valence-electron chi connectivity index (χ3n) is 1.85. The molecule has 0 aliphatic rings. The lowest BCUT2D eigenvalue weighted by molar-refractivity contribution is 1.17. The minimum absolute atomic E-state index is 0.110. The number of aromatic nitrogens is 1. The lowest BCUT2D eigenvalue weighted by Gasteiger charge is -2.04. The number of pyridine rings is 1. The summed E-state index contributed by atoms with van der Waals surface area (Å²) >= 11 is 3.37. The van der Waals surface area contributed by atoms with Crippen LogP contribution in [-0.2, 0) is 0 Å². The molecule has 1 N–H and O–H groups in total. The second kappa shape index (κ2) is 4.38. The highest BCUT2D eigenvalue weighted by molar-refractivity contribution is 9.10. The van der Waals surface area contributed by atoms with Crippen LogP contribution in [0.3, 0.4) is 0 Å². The Bertz CT molecular complexity index is 488. The fraction of sp³-hybridized carbons (Fsp3) is 0.364. The third-order valence-corrected chi connectivity index (χ3v) is 3.55. The van der Waals surface area contributed by atoms with Crippen molar-refractivity contribution < 1.29 is 0 Å². The summed E-state index contributed by atoms with van der Waals surface area (Å²) in [4.78, 5) is 14.2. The van der Waals surface area contributed by atoms with Gasteiger partial charge in [-0.3, -0.25) is 4.79 Å². The van der Waals surface area contributed by atoms with Gasteiger partial charge in [-0.25, -0.2) is 0 Å². The molecule has 80 valence electrons. The summed E-state index contributed by atoms with van der Waals surface area (Å²) in [5, 5.41) is 0. The van der Waals surface area contributed by atoms with Gasteiger partial charge < -0.3 is 4.98 Å². The van der Waals surface area contributed by atoms with E-state index in [4.69, 9.17) is 0 Å². The summed E-state index contributed by atoms with van der Waals surface area (Å²) in [6.45, 7) is 8.36. The van der Waals surface area contributed by atoms with Gasteiger partial charge in [0.25, 0.3) is 5.56 Å². The second-order valence-electron chi connectivity index (χ2n) is 4.47. The van der Waals surface area contributed by atoms with Gasteiger partial charge in [0.05, 0.1) is 5.56 Å². The van der Waals surface area contributed by atoms with Crippen molar-refractivity contribution in [3.63, 3.8) is 0 Å². The zero-order valence-corrected chi connectivity index (χ0v) is 11.9. The topological polar surface area (TPSA) is 32.9 Å². The fourth-order valence-corrected chi connectivity index (χ4v) is 1.81. The van der Waals surface area contributed by atoms with E-state index in [0.29, 0.717) is 5.56 Å². The molecule has 2 nitrogen and oxygen atoms in total. The minimum Gasteiger partial charge on any atom is -0.327 e. The van der Waals surface area contributed by atoms with E-state index in [0.717, 1.165) is 10.0 Å². The molecule has 0 spiro atoms. The highest BCUT2D eigenvalue weighted by atomic mass is 79.9. The van der Waals surface area contributed by atoms with Crippen LogP contribution in [0.5, 0.6) is 0 Å². The first-order chi connectivity index (χ1) is 6.81. The lowest BCUT2D eigenvalue weighted by atomic mass is 10.2. The Kier molecular flexibility index (Phi) is 3.58. The summed E-state index contributed by atoms with van der Waals surface area (Å²) in [5.41, 5.74) is 4.57. The first kappa shape index (κ1) is 12.3. The zero-order valence-electron chi connectivity index (χ0n) is 9.36. The number of nitrogens with one attached hydrogen (secondary N) is 1. The predicted octanol–water partition coefficient (Wildman–Crippen LogP) is 2.67. The van der Waals surface area contributed by atoms with E-state index in [1.54, 1.807) is 6.20 Å². The van der Waals surface area contributed by atoms with Crippen molar-refractivity contribution in [2.75, 3.05) is 0 Å². The number of H-pyrrole nitrogens is 1. The Hall–Kier alpha value is -0.793. The maximum atomic E-state index is 11.5. The number of halogens is 1. The van der Waals surface area contributed by atoms with Crippen LogP contribution in [0.4, 0.5) is 0 Å². The van der Waals surface area contributed by atoms with Crippen LogP contribution >= 0.6 is 15.9 Å². The molecular formula is C11H14BrNOSi. The summed E-state index contributed by atoms with van der Waals surface area (Å²) < 4.78 is 0.891. The second-order valence-corrected chi connectivity index (χ2v) is 10.1. The van der Waals surface area contributed by atoms with Gasteiger partial charge in [0.1, 0.15) is 8.07 Å². The van der Waals surface area contributed by atoms with E-state index in [1.807, 2.05) is 6.92 Å². The lowest BCUT2D eigenvalue weighted by Crippen LogP contribution is -2.18. The molecule has 1 aromatic heterocycles. The van der Waals surface area contributed by atoms with E-state index in [-0.39, 0.29) is 5.56 Å². The summed E-state index contributed by atoms with van der Waals surface area (Å²) in [7, 11) is -1.43. The molecule has 0 unspecified atom stereocenters. The standard InChI is InChI=1S/C11H14BrNOSi/c1-8-9(5-6-15(2,3)4)11(14)13-7-10(8)12/h7H,1-4H3,(H,13,14). The van der Waals surface area contributed by atoms with Crippen molar-refractivity contribution in [2.24, 2.45) is 0 Å².